The number of rotatable bonds is 6. The summed E-state index contributed by atoms with van der Waals surface area (Å²) in [5, 5.41) is 26.8. The number of aliphatic hydroxyl groups is 2. The van der Waals surface area contributed by atoms with Crippen molar-refractivity contribution in [3.05, 3.63) is 80.1 Å². The SMILES string of the molecule is Cc1ccc(Nc2c(C)c(=O)n(C)c3c(-c4cccc(N)c4)nn(CC(O)CO)c(=O)c23)c(F)c1. The molecule has 0 fully saturated rings. The largest absolute Gasteiger partial charge is 0.399 e. The molecular weight excluding hydrogens is 453 g/mol. The third-order valence-corrected chi connectivity index (χ3v) is 5.85. The first-order chi connectivity index (χ1) is 16.6. The van der Waals surface area contributed by atoms with Crippen molar-refractivity contribution in [3.8, 4) is 11.3 Å². The Morgan fingerprint density at radius 3 is 2.54 bits per heavy atom. The minimum absolute atomic E-state index is 0.0853. The number of halogens is 1. The Bertz CT molecular complexity index is 1560. The first-order valence-corrected chi connectivity index (χ1v) is 10.9. The molecule has 2 aromatic carbocycles. The van der Waals surface area contributed by atoms with Crippen LogP contribution < -0.4 is 22.2 Å². The van der Waals surface area contributed by atoms with E-state index >= 15 is 0 Å². The Morgan fingerprint density at radius 2 is 1.89 bits per heavy atom. The molecule has 9 nitrogen and oxygen atoms in total. The van der Waals surface area contributed by atoms with Gasteiger partial charge in [0.25, 0.3) is 11.1 Å². The van der Waals surface area contributed by atoms with Crippen molar-refractivity contribution in [2.45, 2.75) is 26.5 Å². The van der Waals surface area contributed by atoms with Gasteiger partial charge in [-0.15, -0.1) is 0 Å². The summed E-state index contributed by atoms with van der Waals surface area (Å²) < 4.78 is 17.1. The van der Waals surface area contributed by atoms with Crippen molar-refractivity contribution >= 4 is 28.0 Å². The van der Waals surface area contributed by atoms with Gasteiger partial charge in [-0.1, -0.05) is 18.2 Å². The molecule has 10 heteroatoms. The number of aromatic nitrogens is 3. The highest BCUT2D eigenvalue weighted by molar-refractivity contribution is 6.00. The molecule has 1 unspecified atom stereocenters. The van der Waals surface area contributed by atoms with Crippen LogP contribution in [0.3, 0.4) is 0 Å². The fourth-order valence-corrected chi connectivity index (χ4v) is 4.04. The minimum atomic E-state index is -1.24. The monoisotopic (exact) mass is 479 g/mol. The Morgan fingerprint density at radius 1 is 1.14 bits per heavy atom. The molecule has 0 aliphatic heterocycles. The second-order valence-electron chi connectivity index (χ2n) is 8.49. The maximum absolute atomic E-state index is 14.7. The molecule has 35 heavy (non-hydrogen) atoms. The van der Waals surface area contributed by atoms with Crippen molar-refractivity contribution in [2.75, 3.05) is 17.7 Å². The zero-order chi connectivity index (χ0) is 25.4. The lowest BCUT2D eigenvalue weighted by Crippen LogP contribution is -2.33. The van der Waals surface area contributed by atoms with E-state index < -0.39 is 29.6 Å². The lowest BCUT2D eigenvalue weighted by atomic mass is 10.0. The number of fused-ring (bicyclic) bond motifs is 1. The molecule has 4 rings (SSSR count). The van der Waals surface area contributed by atoms with Gasteiger partial charge in [0, 0.05) is 23.9 Å². The molecule has 4 aromatic rings. The predicted octanol–water partition coefficient (Wildman–Crippen LogP) is 2.20. The van der Waals surface area contributed by atoms with Crippen LogP contribution >= 0.6 is 0 Å². The normalized spacial score (nSPS) is 12.2. The van der Waals surface area contributed by atoms with Gasteiger partial charge in [0.15, 0.2) is 0 Å². The molecule has 2 heterocycles. The fraction of sp³-hybridized carbons (Fsp3) is 0.240. The summed E-state index contributed by atoms with van der Waals surface area (Å²) in [6.07, 6.45) is -1.24. The van der Waals surface area contributed by atoms with Crippen LogP contribution in [0.5, 0.6) is 0 Å². The molecular formula is C25H26FN5O4. The van der Waals surface area contributed by atoms with Crippen LogP contribution in [0.25, 0.3) is 22.2 Å². The predicted molar refractivity (Wildman–Crippen MR) is 133 cm³/mol. The molecule has 0 aliphatic carbocycles. The fourth-order valence-electron chi connectivity index (χ4n) is 4.04. The Kier molecular flexibility index (Phi) is 6.42. The number of nitrogen functional groups attached to an aromatic ring is 1. The summed E-state index contributed by atoms with van der Waals surface area (Å²) in [6, 6.07) is 11.4. The first kappa shape index (κ1) is 24.1. The van der Waals surface area contributed by atoms with Crippen LogP contribution in [0.4, 0.5) is 21.5 Å². The van der Waals surface area contributed by atoms with E-state index in [1.165, 1.54) is 23.7 Å². The number of hydrogen-bond donors (Lipinski definition) is 4. The number of anilines is 3. The molecule has 0 saturated carbocycles. The number of aliphatic hydroxyl groups excluding tert-OH is 2. The van der Waals surface area contributed by atoms with Crippen LogP contribution in [0.15, 0.2) is 52.1 Å². The summed E-state index contributed by atoms with van der Waals surface area (Å²) >= 11 is 0. The smallest absolute Gasteiger partial charge is 0.278 e. The third kappa shape index (κ3) is 4.41. The van der Waals surface area contributed by atoms with E-state index in [1.807, 2.05) is 0 Å². The van der Waals surface area contributed by atoms with Crippen molar-refractivity contribution in [1.29, 1.82) is 0 Å². The van der Waals surface area contributed by atoms with E-state index in [9.17, 15) is 24.2 Å². The highest BCUT2D eigenvalue weighted by Crippen LogP contribution is 2.32. The summed E-state index contributed by atoms with van der Waals surface area (Å²) in [5.41, 5.74) is 7.58. The van der Waals surface area contributed by atoms with Crippen LogP contribution in [0.2, 0.25) is 0 Å². The van der Waals surface area contributed by atoms with Gasteiger partial charge in [0.05, 0.1) is 41.5 Å². The van der Waals surface area contributed by atoms with E-state index in [1.54, 1.807) is 44.2 Å². The lowest BCUT2D eigenvalue weighted by Gasteiger charge is -2.20. The average molecular weight is 480 g/mol. The van der Waals surface area contributed by atoms with E-state index in [0.717, 1.165) is 4.68 Å². The van der Waals surface area contributed by atoms with Gasteiger partial charge in [0.1, 0.15) is 11.5 Å². The van der Waals surface area contributed by atoms with E-state index in [0.29, 0.717) is 16.8 Å². The van der Waals surface area contributed by atoms with Gasteiger partial charge >= 0.3 is 0 Å². The summed E-state index contributed by atoms with van der Waals surface area (Å²) in [7, 11) is 1.53. The van der Waals surface area contributed by atoms with Gasteiger partial charge in [-0.25, -0.2) is 9.07 Å². The van der Waals surface area contributed by atoms with Gasteiger partial charge in [-0.2, -0.15) is 5.10 Å². The third-order valence-electron chi connectivity index (χ3n) is 5.85. The number of nitrogens with zero attached hydrogens (tertiary/aromatic N) is 3. The molecule has 1 atom stereocenters. The van der Waals surface area contributed by atoms with Gasteiger partial charge < -0.3 is 25.8 Å². The highest BCUT2D eigenvalue weighted by atomic mass is 19.1. The van der Waals surface area contributed by atoms with E-state index in [-0.39, 0.29) is 40.1 Å². The lowest BCUT2D eigenvalue weighted by molar-refractivity contribution is 0.0772. The zero-order valence-corrected chi connectivity index (χ0v) is 19.5. The van der Waals surface area contributed by atoms with E-state index in [4.69, 9.17) is 5.73 Å². The Balaban J connectivity index is 2.13. The molecule has 0 radical (unpaired) electrons. The molecule has 2 aromatic heterocycles. The van der Waals surface area contributed by atoms with Crippen molar-refractivity contribution < 1.29 is 14.6 Å². The number of hydrogen-bond acceptors (Lipinski definition) is 7. The molecule has 0 aliphatic rings. The van der Waals surface area contributed by atoms with Crippen LogP contribution in [-0.4, -0.2) is 37.3 Å². The quantitative estimate of drug-likeness (QED) is 0.311. The summed E-state index contributed by atoms with van der Waals surface area (Å²) in [4.78, 5) is 26.8. The number of nitrogens with two attached hydrogens (primary N) is 1. The van der Waals surface area contributed by atoms with Crippen molar-refractivity contribution in [3.63, 3.8) is 0 Å². The molecule has 0 spiro atoms. The maximum atomic E-state index is 14.7. The highest BCUT2D eigenvalue weighted by Gasteiger charge is 2.23. The zero-order valence-electron chi connectivity index (χ0n) is 19.5. The number of pyridine rings is 1. The minimum Gasteiger partial charge on any atom is -0.399 e. The molecule has 5 N–H and O–H groups in total. The second-order valence-corrected chi connectivity index (χ2v) is 8.49. The molecule has 182 valence electrons. The van der Waals surface area contributed by atoms with Crippen LogP contribution in [-0.2, 0) is 13.6 Å². The summed E-state index contributed by atoms with van der Waals surface area (Å²) in [6.45, 7) is 2.43. The molecule has 0 saturated heterocycles. The first-order valence-electron chi connectivity index (χ1n) is 10.9. The molecule has 0 amide bonds. The molecule has 0 bridgehead atoms. The maximum Gasteiger partial charge on any atom is 0.278 e. The van der Waals surface area contributed by atoms with Crippen LogP contribution in [0, 0.1) is 19.7 Å². The van der Waals surface area contributed by atoms with Gasteiger partial charge in [-0.3, -0.25) is 9.59 Å². The number of nitrogens with one attached hydrogen (secondary N) is 1. The van der Waals surface area contributed by atoms with Gasteiger partial charge in [0.2, 0.25) is 0 Å². The average Bonchev–Trinajstić information content (AvgIpc) is 2.82. The number of benzene rings is 2. The standard InChI is InChI=1S/C25H26FN5O4/c1-13-7-8-19(18(26)9-13)28-21-14(2)24(34)30(3)23-20(21)25(35)31(11-17(33)12-32)29-22(23)15-5-4-6-16(27)10-15/h4-10,17,28,32-33H,11-12,27H2,1-3H3. The topological polar surface area (TPSA) is 135 Å². The van der Waals surface area contributed by atoms with Gasteiger partial charge in [-0.05, 0) is 43.7 Å². The summed E-state index contributed by atoms with van der Waals surface area (Å²) in [5.74, 6) is -0.542. The van der Waals surface area contributed by atoms with Crippen molar-refractivity contribution in [1.82, 2.24) is 14.3 Å². The second kappa shape index (κ2) is 9.32. The van der Waals surface area contributed by atoms with Crippen molar-refractivity contribution in [2.24, 2.45) is 7.05 Å². The Hall–Kier alpha value is -4.02. The van der Waals surface area contributed by atoms with E-state index in [2.05, 4.69) is 10.4 Å². The number of aryl methyl sites for hydroxylation is 2. The van der Waals surface area contributed by atoms with Crippen LogP contribution in [0.1, 0.15) is 11.1 Å². The Labute approximate surface area is 199 Å².